The van der Waals surface area contributed by atoms with Gasteiger partial charge in [-0.1, -0.05) is 53.5 Å². The molecule has 1 N–H and O–H groups in total. The highest BCUT2D eigenvalue weighted by atomic mass is 35.5. The molecule has 0 saturated heterocycles. The first-order valence-electron chi connectivity index (χ1n) is 7.30. The summed E-state index contributed by atoms with van der Waals surface area (Å²) in [5, 5.41) is 10.3. The third-order valence-electron chi connectivity index (χ3n) is 3.77. The number of carboxylic acids is 1. The number of hydrogen-bond acceptors (Lipinski definition) is 2. The summed E-state index contributed by atoms with van der Waals surface area (Å²) in [7, 11) is 0. The number of nitrogens with zero attached hydrogens (tertiary/aromatic N) is 2. The van der Waals surface area contributed by atoms with Crippen molar-refractivity contribution in [2.45, 2.75) is 13.0 Å². The number of hydrogen-bond donors (Lipinski definition) is 1. The first kappa shape index (κ1) is 16.6. The van der Waals surface area contributed by atoms with Crippen molar-refractivity contribution in [2.24, 2.45) is 0 Å². The van der Waals surface area contributed by atoms with Crippen LogP contribution in [0.5, 0.6) is 0 Å². The van der Waals surface area contributed by atoms with Crippen molar-refractivity contribution in [1.82, 2.24) is 9.55 Å². The van der Waals surface area contributed by atoms with E-state index in [0.29, 0.717) is 23.0 Å². The van der Waals surface area contributed by atoms with E-state index in [2.05, 4.69) is 4.98 Å². The predicted molar refractivity (Wildman–Crippen MR) is 94.0 cm³/mol. The van der Waals surface area contributed by atoms with Gasteiger partial charge in [0.05, 0.1) is 15.6 Å². The van der Waals surface area contributed by atoms with Gasteiger partial charge in [0, 0.05) is 25.4 Å². The Hall–Kier alpha value is -2.30. The number of rotatable bonds is 5. The zero-order valence-electron chi connectivity index (χ0n) is 12.6. The number of carbonyl (C=O) groups is 1. The summed E-state index contributed by atoms with van der Waals surface area (Å²) in [4.78, 5) is 15.7. The molecule has 122 valence electrons. The molecule has 4 nitrogen and oxygen atoms in total. The van der Waals surface area contributed by atoms with Gasteiger partial charge in [0.15, 0.2) is 0 Å². The first-order valence-corrected chi connectivity index (χ1v) is 8.06. The summed E-state index contributed by atoms with van der Waals surface area (Å²) in [5.41, 5.74) is 1.89. The van der Waals surface area contributed by atoms with Gasteiger partial charge in [-0.05, 0) is 23.3 Å². The molecular weight excluding hydrogens is 347 g/mol. The lowest BCUT2D eigenvalue weighted by Gasteiger charge is -2.11. The highest BCUT2D eigenvalue weighted by Crippen LogP contribution is 2.27. The molecule has 0 aliphatic rings. The molecule has 6 heteroatoms. The number of carboxylic acid groups (broad SMARTS) is 1. The fourth-order valence-corrected chi connectivity index (χ4v) is 2.94. The second-order valence-corrected chi connectivity index (χ2v) is 6.11. The highest BCUT2D eigenvalue weighted by Gasteiger charge is 2.13. The average molecular weight is 361 g/mol. The van der Waals surface area contributed by atoms with Gasteiger partial charge in [0.1, 0.15) is 5.82 Å². The van der Waals surface area contributed by atoms with E-state index in [4.69, 9.17) is 23.2 Å². The molecule has 1 heterocycles. The molecular formula is C18H14Cl2N2O2. The molecule has 3 aromatic rings. The predicted octanol–water partition coefficient (Wildman–Crippen LogP) is 4.53. The monoisotopic (exact) mass is 360 g/mol. The molecule has 0 fully saturated rings. The summed E-state index contributed by atoms with van der Waals surface area (Å²) >= 11 is 12.3. The number of halogens is 2. The van der Waals surface area contributed by atoms with Gasteiger partial charge in [-0.25, -0.2) is 9.78 Å². The SMILES string of the molecule is O=C(O)c1ccccc1Cn1ccnc1Cc1cccc(Cl)c1Cl. The van der Waals surface area contributed by atoms with E-state index in [0.717, 1.165) is 17.0 Å². The lowest BCUT2D eigenvalue weighted by Crippen LogP contribution is -2.09. The lowest BCUT2D eigenvalue weighted by atomic mass is 10.1. The molecule has 24 heavy (non-hydrogen) atoms. The topological polar surface area (TPSA) is 55.1 Å². The summed E-state index contributed by atoms with van der Waals surface area (Å²) < 4.78 is 1.92. The molecule has 0 unspecified atom stereocenters. The van der Waals surface area contributed by atoms with Crippen LogP contribution in [-0.4, -0.2) is 20.6 Å². The van der Waals surface area contributed by atoms with Gasteiger partial charge >= 0.3 is 5.97 Å². The zero-order chi connectivity index (χ0) is 17.1. The van der Waals surface area contributed by atoms with Crippen molar-refractivity contribution >= 4 is 29.2 Å². The standard InChI is InChI=1S/C18H14Cl2N2O2/c19-15-7-3-5-12(17(15)20)10-16-21-8-9-22(16)11-13-4-1-2-6-14(13)18(23)24/h1-9H,10-11H2,(H,23,24). The third kappa shape index (κ3) is 3.45. The average Bonchev–Trinajstić information content (AvgIpc) is 2.99. The molecule has 0 atom stereocenters. The Bertz CT molecular complexity index is 890. The fraction of sp³-hybridized carbons (Fsp3) is 0.111. The van der Waals surface area contributed by atoms with Crippen LogP contribution in [0.2, 0.25) is 10.0 Å². The van der Waals surface area contributed by atoms with E-state index in [-0.39, 0.29) is 5.56 Å². The molecule has 0 aliphatic heterocycles. The maximum atomic E-state index is 11.4. The Balaban J connectivity index is 1.89. The second-order valence-electron chi connectivity index (χ2n) is 5.32. The molecule has 1 aromatic heterocycles. The Morgan fingerprint density at radius 1 is 1.08 bits per heavy atom. The van der Waals surface area contributed by atoms with Crippen LogP contribution in [0.15, 0.2) is 54.9 Å². The van der Waals surface area contributed by atoms with Crippen LogP contribution >= 0.6 is 23.2 Å². The fourth-order valence-electron chi connectivity index (χ4n) is 2.56. The van der Waals surface area contributed by atoms with Gasteiger partial charge in [0.2, 0.25) is 0 Å². The normalized spacial score (nSPS) is 10.8. The Labute approximate surface area is 149 Å². The quantitative estimate of drug-likeness (QED) is 0.727. The molecule has 3 rings (SSSR count). The minimum absolute atomic E-state index is 0.290. The molecule has 0 spiro atoms. The smallest absolute Gasteiger partial charge is 0.336 e. The van der Waals surface area contributed by atoms with Crippen LogP contribution in [0.3, 0.4) is 0 Å². The summed E-state index contributed by atoms with van der Waals surface area (Å²) in [6.07, 6.45) is 4.03. The molecule has 0 bridgehead atoms. The van der Waals surface area contributed by atoms with Gasteiger partial charge in [-0.15, -0.1) is 0 Å². The Kier molecular flexibility index (Phi) is 4.88. The Morgan fingerprint density at radius 2 is 1.83 bits per heavy atom. The first-order chi connectivity index (χ1) is 11.6. The third-order valence-corrected chi connectivity index (χ3v) is 4.63. The minimum atomic E-state index is -0.940. The zero-order valence-corrected chi connectivity index (χ0v) is 14.1. The number of benzene rings is 2. The van der Waals surface area contributed by atoms with Crippen molar-refractivity contribution in [3.63, 3.8) is 0 Å². The molecule has 0 aliphatic carbocycles. The van der Waals surface area contributed by atoms with Crippen molar-refractivity contribution in [2.75, 3.05) is 0 Å². The van der Waals surface area contributed by atoms with E-state index in [1.165, 1.54) is 0 Å². The van der Waals surface area contributed by atoms with E-state index in [1.54, 1.807) is 30.5 Å². The van der Waals surface area contributed by atoms with Crippen LogP contribution in [0.4, 0.5) is 0 Å². The van der Waals surface area contributed by atoms with Crippen molar-refractivity contribution in [3.05, 3.63) is 87.4 Å². The molecule has 2 aromatic carbocycles. The number of aromatic carboxylic acids is 1. The number of aromatic nitrogens is 2. The van der Waals surface area contributed by atoms with Gasteiger partial charge < -0.3 is 9.67 Å². The van der Waals surface area contributed by atoms with Crippen LogP contribution in [0, 0.1) is 0 Å². The summed E-state index contributed by atoms with van der Waals surface area (Å²) in [6.45, 7) is 0.427. The van der Waals surface area contributed by atoms with Gasteiger partial charge in [-0.3, -0.25) is 0 Å². The second kappa shape index (κ2) is 7.07. The van der Waals surface area contributed by atoms with E-state index in [1.807, 2.05) is 29.0 Å². The van der Waals surface area contributed by atoms with Crippen molar-refractivity contribution < 1.29 is 9.90 Å². The molecule has 0 saturated carbocycles. The van der Waals surface area contributed by atoms with Crippen molar-refractivity contribution in [1.29, 1.82) is 0 Å². The maximum absolute atomic E-state index is 11.4. The van der Waals surface area contributed by atoms with Crippen molar-refractivity contribution in [3.8, 4) is 0 Å². The van der Waals surface area contributed by atoms with E-state index in [9.17, 15) is 9.90 Å². The lowest BCUT2D eigenvalue weighted by molar-refractivity contribution is 0.0695. The van der Waals surface area contributed by atoms with Crippen LogP contribution in [0.25, 0.3) is 0 Å². The van der Waals surface area contributed by atoms with Crippen LogP contribution in [0.1, 0.15) is 27.3 Å². The van der Waals surface area contributed by atoms with Crippen LogP contribution < -0.4 is 0 Å². The highest BCUT2D eigenvalue weighted by molar-refractivity contribution is 6.42. The largest absolute Gasteiger partial charge is 0.478 e. The molecule has 0 amide bonds. The van der Waals surface area contributed by atoms with Crippen LogP contribution in [-0.2, 0) is 13.0 Å². The summed E-state index contributed by atoms with van der Waals surface area (Å²) in [5.74, 6) is -0.149. The molecule has 0 radical (unpaired) electrons. The maximum Gasteiger partial charge on any atom is 0.336 e. The number of imidazole rings is 1. The summed E-state index contributed by atoms with van der Waals surface area (Å²) in [6, 6.07) is 12.4. The van der Waals surface area contributed by atoms with Gasteiger partial charge in [0.25, 0.3) is 0 Å². The minimum Gasteiger partial charge on any atom is -0.478 e. The van der Waals surface area contributed by atoms with E-state index >= 15 is 0 Å². The Morgan fingerprint density at radius 3 is 2.62 bits per heavy atom. The van der Waals surface area contributed by atoms with Gasteiger partial charge in [-0.2, -0.15) is 0 Å². The van der Waals surface area contributed by atoms with E-state index < -0.39 is 5.97 Å².